The van der Waals surface area contributed by atoms with Crippen molar-refractivity contribution in [3.05, 3.63) is 0 Å². The molecule has 0 amide bonds. The van der Waals surface area contributed by atoms with E-state index in [0.29, 0.717) is 5.41 Å². The van der Waals surface area contributed by atoms with E-state index in [1.54, 1.807) is 0 Å². The molecule has 0 aromatic heterocycles. The van der Waals surface area contributed by atoms with Crippen LogP contribution in [0.3, 0.4) is 0 Å². The van der Waals surface area contributed by atoms with Crippen molar-refractivity contribution in [2.75, 3.05) is 6.54 Å². The topological polar surface area (TPSA) is 12.0 Å². The molecule has 0 radical (unpaired) electrons. The summed E-state index contributed by atoms with van der Waals surface area (Å²) in [5.74, 6) is 0.891. The van der Waals surface area contributed by atoms with Crippen LogP contribution in [0.25, 0.3) is 0 Å². The van der Waals surface area contributed by atoms with Crippen LogP contribution < -0.4 is 5.32 Å². The van der Waals surface area contributed by atoms with E-state index in [1.807, 2.05) is 0 Å². The largest absolute Gasteiger partial charge is 0.314 e. The van der Waals surface area contributed by atoms with Gasteiger partial charge in [-0.25, -0.2) is 0 Å². The zero-order valence-corrected chi connectivity index (χ0v) is 8.28. The summed E-state index contributed by atoms with van der Waals surface area (Å²) in [7, 11) is 0. The molecule has 11 heavy (non-hydrogen) atoms. The van der Waals surface area contributed by atoms with E-state index < -0.39 is 0 Å². The minimum absolute atomic E-state index is 0.539. The fourth-order valence-electron chi connectivity index (χ4n) is 1.82. The Morgan fingerprint density at radius 1 is 1.45 bits per heavy atom. The molecule has 2 atom stereocenters. The van der Waals surface area contributed by atoms with Gasteiger partial charge in [0.15, 0.2) is 0 Å². The maximum atomic E-state index is 3.51. The third kappa shape index (κ3) is 1.96. The smallest absolute Gasteiger partial charge is 0.00421 e. The molecule has 0 spiro atoms. The van der Waals surface area contributed by atoms with Crippen molar-refractivity contribution in [1.82, 2.24) is 5.32 Å². The van der Waals surface area contributed by atoms with E-state index in [-0.39, 0.29) is 0 Å². The summed E-state index contributed by atoms with van der Waals surface area (Å²) in [6, 6.07) is 0.742. The summed E-state index contributed by atoms with van der Waals surface area (Å²) in [4.78, 5) is 0. The van der Waals surface area contributed by atoms with Crippen LogP contribution in [0.15, 0.2) is 0 Å². The molecular formula is C10H21N. The molecule has 66 valence electrons. The molecular weight excluding hydrogens is 134 g/mol. The lowest BCUT2D eigenvalue weighted by atomic mass is 9.76. The van der Waals surface area contributed by atoms with Crippen LogP contribution in [-0.2, 0) is 0 Å². The van der Waals surface area contributed by atoms with Gasteiger partial charge in [-0.05, 0) is 31.2 Å². The molecule has 0 bridgehead atoms. The first-order chi connectivity index (χ1) is 5.06. The number of hydrogen-bond acceptors (Lipinski definition) is 1. The average Bonchev–Trinajstić information content (AvgIpc) is 2.36. The molecule has 1 saturated heterocycles. The zero-order chi connectivity index (χ0) is 8.48. The van der Waals surface area contributed by atoms with Crippen molar-refractivity contribution in [1.29, 1.82) is 0 Å². The van der Waals surface area contributed by atoms with Crippen LogP contribution in [0, 0.1) is 11.3 Å². The second-order valence-electron chi connectivity index (χ2n) is 4.58. The lowest BCUT2D eigenvalue weighted by Gasteiger charge is -2.29. The number of nitrogens with one attached hydrogen (secondary N) is 1. The lowest BCUT2D eigenvalue weighted by Crippen LogP contribution is -2.25. The maximum absolute atomic E-state index is 3.51. The predicted octanol–water partition coefficient (Wildman–Crippen LogP) is 2.42. The first-order valence-corrected chi connectivity index (χ1v) is 4.79. The Balaban J connectivity index is 2.48. The van der Waals surface area contributed by atoms with Gasteiger partial charge in [0.1, 0.15) is 0 Å². The van der Waals surface area contributed by atoms with Crippen LogP contribution in [0.2, 0.25) is 0 Å². The van der Waals surface area contributed by atoms with Crippen molar-refractivity contribution in [2.24, 2.45) is 11.3 Å². The van der Waals surface area contributed by atoms with Crippen molar-refractivity contribution < 1.29 is 0 Å². The van der Waals surface area contributed by atoms with Gasteiger partial charge in [-0.1, -0.05) is 27.2 Å². The molecule has 0 aliphatic carbocycles. The second-order valence-corrected chi connectivity index (χ2v) is 4.58. The second kappa shape index (κ2) is 3.14. The van der Waals surface area contributed by atoms with E-state index in [9.17, 15) is 0 Å². The molecule has 0 saturated carbocycles. The Hall–Kier alpha value is -0.0400. The standard InChI is InChI=1S/C10H21N/c1-5-10(3,4)9-6-8(2)11-7-9/h8-9,11H,5-7H2,1-4H3. The normalized spacial score (nSPS) is 32.7. The van der Waals surface area contributed by atoms with Crippen molar-refractivity contribution in [3.63, 3.8) is 0 Å². The highest BCUT2D eigenvalue weighted by molar-refractivity contribution is 4.87. The Morgan fingerprint density at radius 3 is 2.45 bits per heavy atom. The Bertz CT molecular complexity index is 129. The minimum Gasteiger partial charge on any atom is -0.314 e. The van der Waals surface area contributed by atoms with Gasteiger partial charge in [0.05, 0.1) is 0 Å². The third-order valence-electron chi connectivity index (χ3n) is 3.37. The quantitative estimate of drug-likeness (QED) is 0.645. The number of hydrogen-bond donors (Lipinski definition) is 1. The summed E-state index contributed by atoms with van der Waals surface area (Å²) < 4.78 is 0. The molecule has 1 heteroatoms. The summed E-state index contributed by atoms with van der Waals surface area (Å²) in [5.41, 5.74) is 0.539. The molecule has 0 aromatic rings. The first-order valence-electron chi connectivity index (χ1n) is 4.79. The molecule has 1 rings (SSSR count). The van der Waals surface area contributed by atoms with E-state index in [0.717, 1.165) is 12.0 Å². The predicted molar refractivity (Wildman–Crippen MR) is 49.6 cm³/mol. The monoisotopic (exact) mass is 155 g/mol. The fraction of sp³-hybridized carbons (Fsp3) is 1.00. The van der Waals surface area contributed by atoms with Gasteiger partial charge in [0.25, 0.3) is 0 Å². The molecule has 2 unspecified atom stereocenters. The van der Waals surface area contributed by atoms with Gasteiger partial charge in [-0.15, -0.1) is 0 Å². The van der Waals surface area contributed by atoms with Gasteiger partial charge in [0.2, 0.25) is 0 Å². The Labute approximate surface area is 70.6 Å². The molecule has 1 aliphatic heterocycles. The fourth-order valence-corrected chi connectivity index (χ4v) is 1.82. The Kier molecular flexibility index (Phi) is 2.58. The van der Waals surface area contributed by atoms with Crippen LogP contribution >= 0.6 is 0 Å². The molecule has 1 N–H and O–H groups in total. The van der Waals surface area contributed by atoms with Crippen molar-refractivity contribution in [2.45, 2.75) is 46.6 Å². The van der Waals surface area contributed by atoms with Crippen LogP contribution in [0.5, 0.6) is 0 Å². The van der Waals surface area contributed by atoms with Crippen molar-refractivity contribution >= 4 is 0 Å². The summed E-state index contributed by atoms with van der Waals surface area (Å²) in [6.45, 7) is 10.6. The molecule has 1 fully saturated rings. The van der Waals surface area contributed by atoms with Gasteiger partial charge in [-0.3, -0.25) is 0 Å². The first kappa shape index (κ1) is 9.05. The third-order valence-corrected chi connectivity index (χ3v) is 3.37. The zero-order valence-electron chi connectivity index (χ0n) is 8.28. The van der Waals surface area contributed by atoms with Gasteiger partial charge < -0.3 is 5.32 Å². The van der Waals surface area contributed by atoms with E-state index in [1.165, 1.54) is 19.4 Å². The van der Waals surface area contributed by atoms with E-state index in [4.69, 9.17) is 0 Å². The maximum Gasteiger partial charge on any atom is 0.00421 e. The van der Waals surface area contributed by atoms with Gasteiger partial charge in [0, 0.05) is 6.04 Å². The van der Waals surface area contributed by atoms with Gasteiger partial charge >= 0.3 is 0 Å². The van der Waals surface area contributed by atoms with Crippen molar-refractivity contribution in [3.8, 4) is 0 Å². The SMILES string of the molecule is CCC(C)(C)C1CNC(C)C1. The summed E-state index contributed by atoms with van der Waals surface area (Å²) in [6.07, 6.45) is 2.66. The highest BCUT2D eigenvalue weighted by atomic mass is 14.9. The van der Waals surface area contributed by atoms with Crippen LogP contribution in [0.4, 0.5) is 0 Å². The van der Waals surface area contributed by atoms with Gasteiger partial charge in [-0.2, -0.15) is 0 Å². The summed E-state index contributed by atoms with van der Waals surface area (Å²) in [5, 5.41) is 3.51. The van der Waals surface area contributed by atoms with Crippen LogP contribution in [0.1, 0.15) is 40.5 Å². The highest BCUT2D eigenvalue weighted by Gasteiger charge is 2.32. The molecule has 1 aliphatic rings. The average molecular weight is 155 g/mol. The molecule has 1 nitrogen and oxygen atoms in total. The minimum atomic E-state index is 0.539. The lowest BCUT2D eigenvalue weighted by molar-refractivity contribution is 0.218. The Morgan fingerprint density at radius 2 is 2.09 bits per heavy atom. The van der Waals surface area contributed by atoms with E-state index in [2.05, 4.69) is 33.0 Å². The van der Waals surface area contributed by atoms with E-state index >= 15 is 0 Å². The molecule has 1 heterocycles. The highest BCUT2D eigenvalue weighted by Crippen LogP contribution is 2.35. The molecule has 0 aromatic carbocycles. The van der Waals surface area contributed by atoms with Crippen LogP contribution in [-0.4, -0.2) is 12.6 Å². The summed E-state index contributed by atoms with van der Waals surface area (Å²) >= 11 is 0. The number of rotatable bonds is 2.